The summed E-state index contributed by atoms with van der Waals surface area (Å²) in [7, 11) is 1.36. The fraction of sp³-hybridized carbons (Fsp3) is 0.778. The number of amides is 1. The first kappa shape index (κ1) is 18.7. The predicted molar refractivity (Wildman–Crippen MR) is 94.9 cm³/mol. The molecule has 0 aromatic rings. The summed E-state index contributed by atoms with van der Waals surface area (Å²) in [4.78, 5) is 23.1. The molecule has 1 aliphatic carbocycles. The Bertz CT molecular complexity index is 568. The number of rotatable bonds is 6. The van der Waals surface area contributed by atoms with Crippen LogP contribution in [0.3, 0.4) is 0 Å². The van der Waals surface area contributed by atoms with E-state index in [2.05, 4.69) is 17.5 Å². The molecule has 0 aromatic carbocycles. The van der Waals surface area contributed by atoms with Gasteiger partial charge in [0.2, 0.25) is 5.91 Å². The average molecular weight is 369 g/mol. The van der Waals surface area contributed by atoms with Gasteiger partial charge in [0, 0.05) is 18.3 Å². The summed E-state index contributed by atoms with van der Waals surface area (Å²) in [5, 5.41) is 14.4. The molecule has 2 aliphatic heterocycles. The van der Waals surface area contributed by atoms with E-state index in [1.165, 1.54) is 18.9 Å². The van der Waals surface area contributed by atoms with Crippen molar-refractivity contribution >= 4 is 23.6 Å². The molecule has 6 nitrogen and oxygen atoms in total. The van der Waals surface area contributed by atoms with Crippen molar-refractivity contribution in [1.82, 2.24) is 5.32 Å². The predicted octanol–water partition coefficient (Wildman–Crippen LogP) is 1.62. The first-order valence-electron chi connectivity index (χ1n) is 8.96. The summed E-state index contributed by atoms with van der Waals surface area (Å²) in [6.07, 6.45) is 7.19. The highest BCUT2D eigenvalue weighted by molar-refractivity contribution is 8.00. The topological polar surface area (TPSA) is 84.9 Å². The number of esters is 1. The van der Waals surface area contributed by atoms with Gasteiger partial charge in [-0.3, -0.25) is 9.59 Å². The van der Waals surface area contributed by atoms with Crippen molar-refractivity contribution in [3.8, 4) is 0 Å². The molecule has 1 amide bonds. The molecule has 0 aromatic heterocycles. The van der Waals surface area contributed by atoms with Gasteiger partial charge in [0.1, 0.15) is 10.5 Å². The summed E-state index contributed by atoms with van der Waals surface area (Å²) in [6.45, 7) is 2.44. The Kier molecular flexibility index (Phi) is 5.46. The maximum atomic E-state index is 12.6. The molecule has 0 saturated carbocycles. The highest BCUT2D eigenvalue weighted by atomic mass is 32.2. The largest absolute Gasteiger partial charge is 0.469 e. The van der Waals surface area contributed by atoms with E-state index < -0.39 is 16.6 Å². The lowest BCUT2D eigenvalue weighted by molar-refractivity contribution is -0.140. The van der Waals surface area contributed by atoms with E-state index in [9.17, 15) is 14.7 Å². The van der Waals surface area contributed by atoms with Gasteiger partial charge in [0.05, 0.1) is 25.6 Å². The Morgan fingerprint density at radius 3 is 3.04 bits per heavy atom. The monoisotopic (exact) mass is 369 g/mol. The minimum atomic E-state index is -0.953. The number of nitrogens with one attached hydrogen (secondary N) is 1. The van der Waals surface area contributed by atoms with Crippen LogP contribution < -0.4 is 5.32 Å². The van der Waals surface area contributed by atoms with E-state index in [1.807, 2.05) is 6.92 Å². The van der Waals surface area contributed by atoms with Crippen LogP contribution in [0.2, 0.25) is 0 Å². The third kappa shape index (κ3) is 3.11. The summed E-state index contributed by atoms with van der Waals surface area (Å²) in [6, 6.07) is 0. The molecule has 7 heteroatoms. The third-order valence-corrected chi connectivity index (χ3v) is 7.43. The maximum absolute atomic E-state index is 12.6. The van der Waals surface area contributed by atoms with Gasteiger partial charge < -0.3 is 19.9 Å². The normalized spacial score (nSPS) is 38.3. The number of methoxy groups -OCH3 is 1. The van der Waals surface area contributed by atoms with E-state index in [0.717, 1.165) is 19.3 Å². The first-order chi connectivity index (χ1) is 11.9. The molecule has 0 radical (unpaired) electrons. The maximum Gasteiger partial charge on any atom is 0.306 e. The molecular weight excluding hydrogens is 342 g/mol. The number of thioether (sulfide) groups is 1. The zero-order valence-corrected chi connectivity index (χ0v) is 15.6. The van der Waals surface area contributed by atoms with E-state index in [4.69, 9.17) is 9.47 Å². The third-order valence-electron chi connectivity index (χ3n) is 5.81. The highest BCUT2D eigenvalue weighted by Crippen LogP contribution is 2.54. The number of ether oxygens (including phenoxy) is 2. The van der Waals surface area contributed by atoms with Gasteiger partial charge in [-0.1, -0.05) is 12.2 Å². The lowest BCUT2D eigenvalue weighted by Crippen LogP contribution is -2.63. The van der Waals surface area contributed by atoms with Crippen molar-refractivity contribution in [2.24, 2.45) is 11.8 Å². The zero-order valence-electron chi connectivity index (χ0n) is 14.8. The van der Waals surface area contributed by atoms with Crippen molar-refractivity contribution in [2.75, 3.05) is 19.5 Å². The van der Waals surface area contributed by atoms with Crippen molar-refractivity contribution in [3.63, 3.8) is 0 Å². The number of aliphatic hydroxyl groups excluding tert-OH is 1. The van der Waals surface area contributed by atoms with Crippen molar-refractivity contribution in [2.45, 2.75) is 55.6 Å². The Labute approximate surface area is 152 Å². The van der Waals surface area contributed by atoms with Crippen LogP contribution in [0.5, 0.6) is 0 Å². The standard InChI is InChI=1S/C18H27NO5S/c1-17-13(8-10-24-17)16(22)19-18(17,25-11-9-14(20)23-2)15(21)12-6-4-3-5-7-12/h4,6,12-13,15,21H,3,5,7-11H2,1-2H3,(H,19,22)/t12-,13+,15+,17+,18+/m1/s1. The molecule has 25 heavy (non-hydrogen) atoms. The summed E-state index contributed by atoms with van der Waals surface area (Å²) >= 11 is 1.41. The van der Waals surface area contributed by atoms with Crippen LogP contribution in [0, 0.1) is 11.8 Å². The molecule has 2 fully saturated rings. The van der Waals surface area contributed by atoms with E-state index in [0.29, 0.717) is 18.8 Å². The van der Waals surface area contributed by atoms with Gasteiger partial charge >= 0.3 is 5.97 Å². The quantitative estimate of drug-likeness (QED) is 0.547. The lowest BCUT2D eigenvalue weighted by Gasteiger charge is -2.46. The van der Waals surface area contributed by atoms with Gasteiger partial charge in [0.15, 0.2) is 0 Å². The van der Waals surface area contributed by atoms with Crippen molar-refractivity contribution in [1.29, 1.82) is 0 Å². The van der Waals surface area contributed by atoms with Gasteiger partial charge in [-0.25, -0.2) is 0 Å². The smallest absolute Gasteiger partial charge is 0.306 e. The number of fused-ring (bicyclic) bond motifs is 1. The van der Waals surface area contributed by atoms with Gasteiger partial charge in [-0.2, -0.15) is 0 Å². The second-order valence-corrected chi connectivity index (χ2v) is 8.50. The molecule has 5 atom stereocenters. The molecule has 3 rings (SSSR count). The lowest BCUT2D eigenvalue weighted by atomic mass is 9.78. The second kappa shape index (κ2) is 7.29. The molecule has 0 unspecified atom stereocenters. The van der Waals surface area contributed by atoms with Gasteiger partial charge in [-0.05, 0) is 32.6 Å². The highest BCUT2D eigenvalue weighted by Gasteiger charge is 2.68. The molecular formula is C18H27NO5S. The first-order valence-corrected chi connectivity index (χ1v) is 9.94. The molecule has 2 heterocycles. The fourth-order valence-electron chi connectivity index (χ4n) is 4.34. The number of carbonyl (C=O) groups is 2. The summed E-state index contributed by atoms with van der Waals surface area (Å²) < 4.78 is 10.8. The van der Waals surface area contributed by atoms with Crippen LogP contribution in [0.15, 0.2) is 12.2 Å². The molecule has 3 aliphatic rings. The molecule has 2 saturated heterocycles. The van der Waals surface area contributed by atoms with Crippen LogP contribution >= 0.6 is 11.8 Å². The molecule has 140 valence electrons. The van der Waals surface area contributed by atoms with Crippen LogP contribution in [-0.2, 0) is 19.1 Å². The Hall–Kier alpha value is -1.05. The van der Waals surface area contributed by atoms with E-state index in [1.54, 1.807) is 0 Å². The number of hydrogen-bond donors (Lipinski definition) is 2. The number of carbonyl (C=O) groups excluding carboxylic acids is 2. The second-order valence-electron chi connectivity index (χ2n) is 7.16. The summed E-state index contributed by atoms with van der Waals surface area (Å²) in [5.41, 5.74) is -0.782. The van der Waals surface area contributed by atoms with Crippen LogP contribution in [0.1, 0.15) is 39.0 Å². The van der Waals surface area contributed by atoms with Crippen LogP contribution in [0.4, 0.5) is 0 Å². The van der Waals surface area contributed by atoms with Gasteiger partial charge in [-0.15, -0.1) is 11.8 Å². The Morgan fingerprint density at radius 1 is 1.56 bits per heavy atom. The Balaban J connectivity index is 1.88. The Morgan fingerprint density at radius 2 is 2.36 bits per heavy atom. The number of aliphatic hydroxyl groups is 1. The van der Waals surface area contributed by atoms with Crippen LogP contribution in [0.25, 0.3) is 0 Å². The summed E-state index contributed by atoms with van der Waals surface area (Å²) in [5.74, 6) is -0.205. The SMILES string of the molecule is COC(=O)CCS[C@]1([C@@H](O)[C@@H]2C=CCCC2)NC(=O)[C@@H]2CCO[C@@]21C. The van der Waals surface area contributed by atoms with Crippen LogP contribution in [-0.4, -0.2) is 53.0 Å². The van der Waals surface area contributed by atoms with Crippen molar-refractivity contribution in [3.05, 3.63) is 12.2 Å². The minimum absolute atomic E-state index is 0.0283. The number of allylic oxidation sites excluding steroid dienone is 1. The van der Waals surface area contributed by atoms with E-state index >= 15 is 0 Å². The molecule has 0 spiro atoms. The average Bonchev–Trinajstić information content (AvgIpc) is 3.11. The van der Waals surface area contributed by atoms with E-state index in [-0.39, 0.29) is 30.1 Å². The zero-order chi connectivity index (χ0) is 18.1. The van der Waals surface area contributed by atoms with Gasteiger partial charge in [0.25, 0.3) is 0 Å². The fourth-order valence-corrected chi connectivity index (χ4v) is 5.94. The number of hydrogen-bond acceptors (Lipinski definition) is 6. The molecule has 2 N–H and O–H groups in total. The molecule has 0 bridgehead atoms. The minimum Gasteiger partial charge on any atom is -0.469 e. The van der Waals surface area contributed by atoms with Crippen molar-refractivity contribution < 1.29 is 24.2 Å².